The normalized spacial score (nSPS) is 20.9. The number of aliphatic imine (C=N–C) groups is 2. The van der Waals surface area contributed by atoms with Crippen LogP contribution in [0, 0.1) is 17.5 Å². The van der Waals surface area contributed by atoms with Crippen LogP contribution in [0.25, 0.3) is 10.9 Å². The van der Waals surface area contributed by atoms with Crippen LogP contribution in [-0.2, 0) is 56.0 Å². The summed E-state index contributed by atoms with van der Waals surface area (Å²) in [5, 5.41) is 20.9. The van der Waals surface area contributed by atoms with Crippen molar-refractivity contribution >= 4 is 76.0 Å². The predicted molar refractivity (Wildman–Crippen MR) is 275 cm³/mol. The molecule has 2 aromatic carbocycles. The van der Waals surface area contributed by atoms with Crippen molar-refractivity contribution in [1.82, 2.24) is 47.5 Å². The molecule has 0 saturated carbocycles. The summed E-state index contributed by atoms with van der Waals surface area (Å²) in [6.07, 6.45) is -0.554. The molecular formula is C48H68F3N17O9. The quantitative estimate of drug-likeness (QED) is 0.0254. The Hall–Kier alpha value is -8.50. The van der Waals surface area contributed by atoms with E-state index in [0.717, 1.165) is 6.92 Å². The first kappa shape index (κ1) is 61.1. The topological polar surface area (TPSA) is 446 Å². The molecule has 1 aromatic heterocycles. The maximum Gasteiger partial charge on any atom is 0.243 e. The lowest BCUT2D eigenvalue weighted by Crippen LogP contribution is -2.60. The first-order valence-electron chi connectivity index (χ1n) is 24.7. The number of amides is 9. The first-order chi connectivity index (χ1) is 36.6. The number of H-pyrrole nitrogens is 1. The van der Waals surface area contributed by atoms with Crippen molar-refractivity contribution in [3.8, 4) is 0 Å². The molecule has 4 rings (SSSR count). The average Bonchev–Trinajstić information content (AvgIpc) is 3.77. The van der Waals surface area contributed by atoms with Gasteiger partial charge in [0, 0.05) is 62.9 Å². The van der Waals surface area contributed by atoms with Gasteiger partial charge in [-0.2, -0.15) is 0 Å². The fraction of sp³-hybridized carbons (Fsp3) is 0.479. The fourth-order valence-corrected chi connectivity index (χ4v) is 8.21. The number of guanidine groups is 2. The minimum atomic E-state index is -1.86. The number of primary amides is 1. The van der Waals surface area contributed by atoms with Crippen molar-refractivity contribution < 1.29 is 56.3 Å². The zero-order valence-electron chi connectivity index (χ0n) is 42.4. The molecule has 0 aliphatic carbocycles. The summed E-state index contributed by atoms with van der Waals surface area (Å²) in [7, 11) is 0. The Kier molecular flexibility index (Phi) is 23.9. The molecule has 1 fully saturated rings. The highest BCUT2D eigenvalue weighted by molar-refractivity contribution is 5.98. The number of hydrogen-bond acceptors (Lipinski definition) is 12. The molecule has 29 heteroatoms. The molecule has 1 aliphatic rings. The zero-order valence-corrected chi connectivity index (χ0v) is 42.4. The number of aromatic nitrogens is 1. The van der Waals surface area contributed by atoms with Crippen molar-refractivity contribution in [1.29, 1.82) is 0 Å². The van der Waals surface area contributed by atoms with Crippen LogP contribution in [0.1, 0.15) is 75.8 Å². The second-order valence-electron chi connectivity index (χ2n) is 18.2. The van der Waals surface area contributed by atoms with E-state index in [0.29, 0.717) is 28.6 Å². The van der Waals surface area contributed by atoms with Gasteiger partial charge in [-0.3, -0.25) is 53.1 Å². The number of para-hydroxylation sites is 1. The van der Waals surface area contributed by atoms with Gasteiger partial charge in [0.05, 0.1) is 0 Å². The van der Waals surface area contributed by atoms with Gasteiger partial charge in [-0.1, -0.05) is 18.2 Å². The number of carbonyl (C=O) groups is 9. The molecule has 1 unspecified atom stereocenters. The van der Waals surface area contributed by atoms with Crippen LogP contribution in [0.2, 0.25) is 0 Å². The van der Waals surface area contributed by atoms with Gasteiger partial charge in [0.25, 0.3) is 0 Å². The van der Waals surface area contributed by atoms with Gasteiger partial charge in [-0.05, 0) is 87.2 Å². The summed E-state index contributed by atoms with van der Waals surface area (Å²) in [6, 6.07) is -2.48. The zero-order chi connectivity index (χ0) is 56.8. The molecule has 2 heterocycles. The lowest BCUT2D eigenvalue weighted by Gasteiger charge is -2.28. The van der Waals surface area contributed by atoms with E-state index in [4.69, 9.17) is 34.4 Å². The molecule has 9 amide bonds. The maximum absolute atomic E-state index is 14.7. The summed E-state index contributed by atoms with van der Waals surface area (Å²) in [5.74, 6) is -13.9. The van der Waals surface area contributed by atoms with Crippen LogP contribution in [-0.4, -0.2) is 139 Å². The van der Waals surface area contributed by atoms with E-state index in [1.54, 1.807) is 30.5 Å². The summed E-state index contributed by atoms with van der Waals surface area (Å²) in [6.45, 7) is 0.812. The molecule has 0 spiro atoms. The Morgan fingerprint density at radius 1 is 0.727 bits per heavy atom. The van der Waals surface area contributed by atoms with Crippen molar-refractivity contribution in [3.05, 3.63) is 71.2 Å². The Labute approximate surface area is 440 Å². The molecule has 3 aromatic rings. The van der Waals surface area contributed by atoms with Crippen LogP contribution >= 0.6 is 0 Å². The number of rotatable bonds is 18. The number of aromatic amines is 1. The third kappa shape index (κ3) is 19.9. The standard InChI is InChI=1S/C48H68F3N17O9/c1-24(69)62-32(10-5-17-59-47(54)55)41(72)65-34-12-13-38(70)58-16-4-9-31(40(53)71)63-46(77)37(22-26-23-61-30-8-3-2-7-27(26)30)68-42(73)33(11-6-18-60-48(56)57)64-45(76)36(21-25-19-28(49)39(51)29(50)20-25)67-44(75)35(14-15-52)66-43(34)74/h2-3,7-8,19-20,23,31-37,61H,4-6,9-18,21-22,52H2,1H3,(H2,53,71)(H,58,70)(H,62,69)(H,63,77)(H,64,76)(H,65,72)(H,66,74)(H,67,75)(H,68,73)(H4,54,55,59)(H4,56,57,60)/t31-,32-,33-,34-,35-,36?,37-/m0/s1. The first-order valence-corrected chi connectivity index (χ1v) is 24.7. The highest BCUT2D eigenvalue weighted by atomic mass is 19.2. The number of benzene rings is 2. The second-order valence-corrected chi connectivity index (χ2v) is 18.2. The Morgan fingerprint density at radius 2 is 1.30 bits per heavy atom. The van der Waals surface area contributed by atoms with Gasteiger partial charge in [-0.25, -0.2) is 13.2 Å². The average molecular weight is 1080 g/mol. The molecule has 7 atom stereocenters. The largest absolute Gasteiger partial charge is 0.370 e. The summed E-state index contributed by atoms with van der Waals surface area (Å²) < 4.78 is 43.5. The van der Waals surface area contributed by atoms with Gasteiger partial charge in [0.1, 0.15) is 42.3 Å². The van der Waals surface area contributed by atoms with Crippen LogP contribution in [0.15, 0.2) is 52.6 Å². The van der Waals surface area contributed by atoms with Crippen LogP contribution in [0.4, 0.5) is 13.2 Å². The molecule has 1 saturated heterocycles. The van der Waals surface area contributed by atoms with Gasteiger partial charge in [0.2, 0.25) is 53.2 Å². The second kappa shape index (κ2) is 30.2. The van der Waals surface area contributed by atoms with Crippen LogP contribution in [0.5, 0.6) is 0 Å². The number of hydrogen-bond donors (Lipinski definition) is 15. The maximum atomic E-state index is 14.7. The minimum absolute atomic E-state index is 0.0170. The van der Waals surface area contributed by atoms with Gasteiger partial charge in [-0.15, -0.1) is 0 Å². The molecular weight excluding hydrogens is 1020 g/mol. The highest BCUT2D eigenvalue weighted by Crippen LogP contribution is 2.20. The molecule has 26 nitrogen and oxygen atoms in total. The Bertz CT molecular complexity index is 2640. The number of nitrogens with one attached hydrogen (secondary N) is 9. The van der Waals surface area contributed by atoms with E-state index in [1.165, 1.54) is 0 Å². The molecule has 1 aliphatic heterocycles. The smallest absolute Gasteiger partial charge is 0.243 e. The van der Waals surface area contributed by atoms with Crippen LogP contribution < -0.4 is 76.9 Å². The van der Waals surface area contributed by atoms with Gasteiger partial charge < -0.3 is 81.9 Å². The Balaban J connectivity index is 1.80. The molecule has 0 radical (unpaired) electrons. The van der Waals surface area contributed by atoms with E-state index < -0.39 is 132 Å². The van der Waals surface area contributed by atoms with Gasteiger partial charge >= 0.3 is 0 Å². The lowest BCUT2D eigenvalue weighted by molar-refractivity contribution is -0.136. The minimum Gasteiger partial charge on any atom is -0.370 e. The van der Waals surface area contributed by atoms with Crippen molar-refractivity contribution in [2.45, 2.75) is 120 Å². The SMILES string of the molecule is CC(=O)N[C@@H](CCCN=C(N)N)C(=O)N[C@H]1CCC(=O)NCCC[C@@H](C(N)=O)NC(=O)[C@H](Cc2c[nH]c3ccccc23)NC(=O)[C@H](CCCN=C(N)N)NC(=O)C(Cc2cc(F)c(F)c(F)c2)NC(=O)[C@H](CCN)NC1=O. The lowest BCUT2D eigenvalue weighted by atomic mass is 10.0. The van der Waals surface area contributed by atoms with E-state index in [9.17, 15) is 56.3 Å². The number of nitrogens with two attached hydrogens (primary N) is 6. The molecule has 77 heavy (non-hydrogen) atoms. The third-order valence-corrected chi connectivity index (χ3v) is 12.1. The van der Waals surface area contributed by atoms with Crippen molar-refractivity contribution in [2.24, 2.45) is 44.4 Å². The number of nitrogens with zero attached hydrogens (tertiary/aromatic N) is 2. The third-order valence-electron chi connectivity index (χ3n) is 12.1. The van der Waals surface area contributed by atoms with Crippen molar-refractivity contribution in [2.75, 3.05) is 26.2 Å². The summed E-state index contributed by atoms with van der Waals surface area (Å²) in [5.41, 5.74) is 34.3. The van der Waals surface area contributed by atoms with E-state index in [2.05, 4.69) is 57.5 Å². The number of halogens is 3. The molecule has 420 valence electrons. The van der Waals surface area contributed by atoms with Crippen molar-refractivity contribution in [3.63, 3.8) is 0 Å². The van der Waals surface area contributed by atoms with Crippen LogP contribution in [0.3, 0.4) is 0 Å². The predicted octanol–water partition coefficient (Wildman–Crippen LogP) is -3.58. The molecule has 0 bridgehead atoms. The summed E-state index contributed by atoms with van der Waals surface area (Å²) in [4.78, 5) is 135. The van der Waals surface area contributed by atoms with E-state index >= 15 is 0 Å². The van der Waals surface area contributed by atoms with Gasteiger partial charge in [0.15, 0.2) is 29.4 Å². The monoisotopic (exact) mass is 1080 g/mol. The number of fused-ring (bicyclic) bond motifs is 1. The fourth-order valence-electron chi connectivity index (χ4n) is 8.21. The number of carbonyl (C=O) groups excluding carboxylic acids is 9. The highest BCUT2D eigenvalue weighted by Gasteiger charge is 2.35. The van der Waals surface area contributed by atoms with E-state index in [-0.39, 0.29) is 95.0 Å². The van der Waals surface area contributed by atoms with E-state index in [1.807, 2.05) is 0 Å². The Morgan fingerprint density at radius 3 is 1.92 bits per heavy atom. The molecule has 21 N–H and O–H groups in total. The summed E-state index contributed by atoms with van der Waals surface area (Å²) >= 11 is 0.